The zero-order valence-electron chi connectivity index (χ0n) is 8.63. The van der Waals surface area contributed by atoms with Crippen LogP contribution in [0.3, 0.4) is 0 Å². The molecular weight excluding hydrogens is 174 g/mol. The molecule has 0 atom stereocenters. The molecule has 1 aliphatic rings. The number of nitrogens with one attached hydrogen (secondary N) is 1. The second-order valence-electron chi connectivity index (χ2n) is 4.27. The van der Waals surface area contributed by atoms with Gasteiger partial charge in [-0.3, -0.25) is 4.79 Å². The zero-order valence-corrected chi connectivity index (χ0v) is 8.63. The average molecular weight is 189 g/mol. The predicted octanol–water partition coefficient (Wildman–Crippen LogP) is 2.38. The lowest BCUT2D eigenvalue weighted by molar-refractivity contribution is -0.115. The number of hydrogen-bond donors (Lipinski definition) is 1. The maximum Gasteiger partial charge on any atom is 0.228 e. The van der Waals surface area contributed by atoms with Gasteiger partial charge >= 0.3 is 0 Å². The molecule has 2 rings (SSSR count). The summed E-state index contributed by atoms with van der Waals surface area (Å²) in [6.07, 6.45) is 1.61. The van der Waals surface area contributed by atoms with Gasteiger partial charge in [-0.2, -0.15) is 0 Å². The third-order valence-electron chi connectivity index (χ3n) is 2.51. The summed E-state index contributed by atoms with van der Waals surface area (Å²) >= 11 is 0. The molecule has 0 radical (unpaired) electrons. The maximum absolute atomic E-state index is 11.2. The molecule has 0 fully saturated rings. The van der Waals surface area contributed by atoms with Crippen LogP contribution in [0.5, 0.6) is 0 Å². The van der Waals surface area contributed by atoms with Crippen molar-refractivity contribution in [2.24, 2.45) is 5.92 Å². The van der Waals surface area contributed by atoms with E-state index in [1.165, 1.54) is 11.1 Å². The number of rotatable bonds is 2. The molecule has 0 aliphatic carbocycles. The summed E-state index contributed by atoms with van der Waals surface area (Å²) in [7, 11) is 0. The molecule has 0 aromatic heterocycles. The van der Waals surface area contributed by atoms with Crippen LogP contribution < -0.4 is 5.32 Å². The number of amides is 1. The Kier molecular flexibility index (Phi) is 2.28. The van der Waals surface area contributed by atoms with Crippen molar-refractivity contribution in [1.29, 1.82) is 0 Å². The van der Waals surface area contributed by atoms with Gasteiger partial charge in [-0.15, -0.1) is 0 Å². The van der Waals surface area contributed by atoms with Crippen LogP contribution in [-0.4, -0.2) is 5.91 Å². The van der Waals surface area contributed by atoms with Gasteiger partial charge in [0.1, 0.15) is 0 Å². The van der Waals surface area contributed by atoms with Crippen molar-refractivity contribution < 1.29 is 4.79 Å². The van der Waals surface area contributed by atoms with E-state index in [-0.39, 0.29) is 5.91 Å². The fourth-order valence-electron chi connectivity index (χ4n) is 1.95. The summed E-state index contributed by atoms with van der Waals surface area (Å²) in [6.45, 7) is 4.40. The summed E-state index contributed by atoms with van der Waals surface area (Å²) in [5, 5.41) is 2.87. The van der Waals surface area contributed by atoms with Gasteiger partial charge in [0.2, 0.25) is 5.91 Å². The first-order chi connectivity index (χ1) is 6.66. The standard InChI is InChI=1S/C12H15NO/c1-8(2)6-9-4-3-5-11-10(9)7-12(14)13-11/h3-5,8H,6-7H2,1-2H3,(H,13,14). The monoisotopic (exact) mass is 189 g/mol. The van der Waals surface area contributed by atoms with Crippen molar-refractivity contribution >= 4 is 11.6 Å². The Morgan fingerprint density at radius 3 is 2.93 bits per heavy atom. The maximum atomic E-state index is 11.2. The summed E-state index contributed by atoms with van der Waals surface area (Å²) in [4.78, 5) is 11.2. The van der Waals surface area contributed by atoms with Gasteiger partial charge in [0.15, 0.2) is 0 Å². The summed E-state index contributed by atoms with van der Waals surface area (Å²) < 4.78 is 0. The van der Waals surface area contributed by atoms with E-state index in [9.17, 15) is 4.79 Å². The van der Waals surface area contributed by atoms with Crippen LogP contribution in [0, 0.1) is 5.92 Å². The Morgan fingerprint density at radius 1 is 1.43 bits per heavy atom. The SMILES string of the molecule is CC(C)Cc1cccc2c1CC(=O)N2. The topological polar surface area (TPSA) is 29.1 Å². The predicted molar refractivity (Wildman–Crippen MR) is 57.3 cm³/mol. The molecule has 1 heterocycles. The molecule has 1 amide bonds. The first-order valence-electron chi connectivity index (χ1n) is 5.07. The molecule has 0 saturated carbocycles. The third-order valence-corrected chi connectivity index (χ3v) is 2.51. The Balaban J connectivity index is 2.34. The third kappa shape index (κ3) is 1.65. The molecule has 0 spiro atoms. The van der Waals surface area contributed by atoms with Crippen LogP contribution >= 0.6 is 0 Å². The van der Waals surface area contributed by atoms with Crippen molar-refractivity contribution in [3.63, 3.8) is 0 Å². The van der Waals surface area contributed by atoms with Gasteiger partial charge in [0.25, 0.3) is 0 Å². The quantitative estimate of drug-likeness (QED) is 0.760. The number of benzene rings is 1. The van der Waals surface area contributed by atoms with Crippen molar-refractivity contribution in [2.45, 2.75) is 26.7 Å². The number of carbonyl (C=O) groups excluding carboxylic acids is 1. The molecule has 2 heteroatoms. The van der Waals surface area contributed by atoms with E-state index < -0.39 is 0 Å². The average Bonchev–Trinajstić information content (AvgIpc) is 2.45. The van der Waals surface area contributed by atoms with Crippen molar-refractivity contribution in [3.8, 4) is 0 Å². The lowest BCUT2D eigenvalue weighted by atomic mass is 9.96. The fourth-order valence-corrected chi connectivity index (χ4v) is 1.95. The van der Waals surface area contributed by atoms with Gasteiger partial charge in [0, 0.05) is 5.69 Å². The fraction of sp³-hybridized carbons (Fsp3) is 0.417. The van der Waals surface area contributed by atoms with Crippen LogP contribution in [0.25, 0.3) is 0 Å². The van der Waals surface area contributed by atoms with Gasteiger partial charge in [-0.05, 0) is 29.5 Å². The molecule has 2 nitrogen and oxygen atoms in total. The van der Waals surface area contributed by atoms with Crippen LogP contribution in [-0.2, 0) is 17.6 Å². The molecule has 1 aromatic carbocycles. The molecule has 14 heavy (non-hydrogen) atoms. The Morgan fingerprint density at radius 2 is 2.21 bits per heavy atom. The first kappa shape index (κ1) is 9.25. The highest BCUT2D eigenvalue weighted by molar-refractivity contribution is 5.99. The van der Waals surface area contributed by atoms with E-state index in [2.05, 4.69) is 25.2 Å². The second kappa shape index (κ2) is 3.45. The van der Waals surface area contributed by atoms with E-state index in [0.29, 0.717) is 12.3 Å². The molecule has 1 aromatic rings. The summed E-state index contributed by atoms with van der Waals surface area (Å²) in [6, 6.07) is 6.12. The molecule has 1 aliphatic heterocycles. The van der Waals surface area contributed by atoms with E-state index in [4.69, 9.17) is 0 Å². The van der Waals surface area contributed by atoms with Gasteiger partial charge < -0.3 is 5.32 Å². The Labute approximate surface area is 84.3 Å². The largest absolute Gasteiger partial charge is 0.326 e. The van der Waals surface area contributed by atoms with E-state index in [1.807, 2.05) is 12.1 Å². The lowest BCUT2D eigenvalue weighted by Gasteiger charge is -2.09. The van der Waals surface area contributed by atoms with Crippen molar-refractivity contribution in [1.82, 2.24) is 0 Å². The molecule has 1 N–H and O–H groups in total. The Bertz CT molecular complexity index is 369. The van der Waals surface area contributed by atoms with Crippen LogP contribution in [0.1, 0.15) is 25.0 Å². The molecular formula is C12H15NO. The minimum Gasteiger partial charge on any atom is -0.326 e. The van der Waals surface area contributed by atoms with E-state index in [0.717, 1.165) is 12.1 Å². The minimum absolute atomic E-state index is 0.121. The zero-order chi connectivity index (χ0) is 10.1. The van der Waals surface area contributed by atoms with Crippen molar-refractivity contribution in [2.75, 3.05) is 5.32 Å². The van der Waals surface area contributed by atoms with E-state index in [1.54, 1.807) is 0 Å². The highest BCUT2D eigenvalue weighted by Crippen LogP contribution is 2.27. The highest BCUT2D eigenvalue weighted by Gasteiger charge is 2.20. The number of carbonyl (C=O) groups is 1. The Hall–Kier alpha value is -1.31. The number of fused-ring (bicyclic) bond motifs is 1. The minimum atomic E-state index is 0.121. The first-order valence-corrected chi connectivity index (χ1v) is 5.07. The van der Waals surface area contributed by atoms with Gasteiger partial charge in [-0.1, -0.05) is 26.0 Å². The van der Waals surface area contributed by atoms with Crippen LogP contribution in [0.15, 0.2) is 18.2 Å². The summed E-state index contributed by atoms with van der Waals surface area (Å²) in [5.74, 6) is 0.758. The van der Waals surface area contributed by atoms with Gasteiger partial charge in [0.05, 0.1) is 6.42 Å². The number of hydrogen-bond acceptors (Lipinski definition) is 1. The highest BCUT2D eigenvalue weighted by atomic mass is 16.1. The molecule has 0 bridgehead atoms. The normalized spacial score (nSPS) is 14.4. The smallest absolute Gasteiger partial charge is 0.228 e. The second-order valence-corrected chi connectivity index (χ2v) is 4.27. The van der Waals surface area contributed by atoms with Gasteiger partial charge in [-0.25, -0.2) is 0 Å². The summed E-state index contributed by atoms with van der Waals surface area (Å²) in [5.41, 5.74) is 3.52. The number of anilines is 1. The van der Waals surface area contributed by atoms with Crippen LogP contribution in [0.2, 0.25) is 0 Å². The van der Waals surface area contributed by atoms with Crippen LogP contribution in [0.4, 0.5) is 5.69 Å². The molecule has 74 valence electrons. The lowest BCUT2D eigenvalue weighted by Crippen LogP contribution is -2.03. The van der Waals surface area contributed by atoms with E-state index >= 15 is 0 Å². The van der Waals surface area contributed by atoms with Crippen molar-refractivity contribution in [3.05, 3.63) is 29.3 Å². The molecule has 0 unspecified atom stereocenters. The molecule has 0 saturated heterocycles.